The van der Waals surface area contributed by atoms with E-state index in [4.69, 9.17) is 18.9 Å². The van der Waals surface area contributed by atoms with Crippen LogP contribution in [-0.2, 0) is 9.59 Å². The fraction of sp³-hybridized carbons (Fsp3) is 0.333. The van der Waals surface area contributed by atoms with Crippen LogP contribution < -0.4 is 29.6 Å². The van der Waals surface area contributed by atoms with Crippen molar-refractivity contribution in [3.8, 4) is 23.0 Å². The summed E-state index contributed by atoms with van der Waals surface area (Å²) in [6.07, 6.45) is 6.52. The fourth-order valence-electron chi connectivity index (χ4n) is 8.44. The van der Waals surface area contributed by atoms with E-state index >= 15 is 0 Å². The van der Waals surface area contributed by atoms with Gasteiger partial charge in [0.2, 0.25) is 11.8 Å². The highest BCUT2D eigenvalue weighted by Gasteiger charge is 2.30. The number of benzene rings is 4. The second-order valence-corrected chi connectivity index (χ2v) is 16.7. The Hall–Kier alpha value is -6.90. The second-order valence-electron chi connectivity index (χ2n) is 16.7. The molecule has 8 rings (SSSR count). The van der Waals surface area contributed by atoms with Crippen LogP contribution in [0.3, 0.4) is 0 Å². The topological polar surface area (TPSA) is 127 Å². The molecule has 0 saturated carbocycles. The highest BCUT2D eigenvalue weighted by molar-refractivity contribution is 5.80. The van der Waals surface area contributed by atoms with Gasteiger partial charge in [0, 0.05) is 37.3 Å². The van der Waals surface area contributed by atoms with E-state index in [0.717, 1.165) is 85.9 Å². The summed E-state index contributed by atoms with van der Waals surface area (Å²) in [6.45, 7) is 5.41. The van der Waals surface area contributed by atoms with Crippen LogP contribution in [0.2, 0.25) is 0 Å². The van der Waals surface area contributed by atoms with Crippen molar-refractivity contribution in [2.75, 3.05) is 66.7 Å². The van der Waals surface area contributed by atoms with Gasteiger partial charge in [0.05, 0.1) is 37.7 Å². The van der Waals surface area contributed by atoms with Crippen molar-refractivity contribution in [1.82, 2.24) is 30.4 Å². The number of hydrogen-bond acceptors (Lipinski definition) is 10. The molecule has 2 saturated heterocycles. The van der Waals surface area contributed by atoms with Crippen LogP contribution in [0.15, 0.2) is 146 Å². The van der Waals surface area contributed by atoms with Gasteiger partial charge in [0.25, 0.3) is 0 Å². The molecule has 2 fully saturated rings. The lowest BCUT2D eigenvalue weighted by Crippen LogP contribution is -2.43. The minimum absolute atomic E-state index is 0.0285. The molecule has 6 aromatic rings. The Balaban J connectivity index is 0.000000201. The van der Waals surface area contributed by atoms with E-state index in [0.29, 0.717) is 26.3 Å². The molecule has 2 unspecified atom stereocenters. The SMILES string of the molecule is COc1cccc(C(NC(=O)C2CCN(CCOc3ccccc3F)CC2)c2ccccn2)c1.COc1cccc(C(NC(=O)C2CCN(CCOc3ccccc3F)CC2)c2ccccn2)c1. The number of hydrogen-bond donors (Lipinski definition) is 2. The van der Waals surface area contributed by atoms with Crippen LogP contribution in [0, 0.1) is 23.5 Å². The molecule has 2 aliphatic rings. The number of carbonyl (C=O) groups is 2. The van der Waals surface area contributed by atoms with E-state index < -0.39 is 0 Å². The Kier molecular flexibility index (Phi) is 18.2. The van der Waals surface area contributed by atoms with Crippen LogP contribution in [0.25, 0.3) is 0 Å². The van der Waals surface area contributed by atoms with E-state index in [9.17, 15) is 18.4 Å². The zero-order chi connectivity index (χ0) is 47.5. The van der Waals surface area contributed by atoms with Gasteiger partial charge in [-0.2, -0.15) is 0 Å². The molecule has 0 radical (unpaired) electrons. The van der Waals surface area contributed by atoms with Crippen molar-refractivity contribution >= 4 is 11.8 Å². The molecule has 68 heavy (non-hydrogen) atoms. The van der Waals surface area contributed by atoms with Crippen molar-refractivity contribution in [1.29, 1.82) is 0 Å². The molecule has 0 aliphatic carbocycles. The molecule has 0 spiro atoms. The van der Waals surface area contributed by atoms with Gasteiger partial charge in [-0.1, -0.05) is 60.7 Å². The maximum absolute atomic E-state index is 13.7. The molecule has 2 N–H and O–H groups in total. The number of ether oxygens (including phenoxy) is 4. The Bertz CT molecular complexity index is 2320. The number of carbonyl (C=O) groups excluding carboxylic acids is 2. The molecular weight excluding hydrogens is 867 g/mol. The first-order valence-electron chi connectivity index (χ1n) is 23.2. The van der Waals surface area contributed by atoms with Crippen molar-refractivity contribution < 1.29 is 37.3 Å². The summed E-state index contributed by atoms with van der Waals surface area (Å²) in [6, 6.07) is 38.9. The van der Waals surface area contributed by atoms with Gasteiger partial charge in [-0.05, 0) is 136 Å². The number of para-hydroxylation sites is 2. The minimum atomic E-state index is -0.351. The molecule has 0 bridgehead atoms. The number of pyridine rings is 2. The smallest absolute Gasteiger partial charge is 0.224 e. The molecular formula is C54H60F2N6O6. The van der Waals surface area contributed by atoms with Crippen LogP contribution in [0.1, 0.15) is 60.3 Å². The summed E-state index contributed by atoms with van der Waals surface area (Å²) in [5.41, 5.74) is 3.42. The number of methoxy groups -OCH3 is 2. The zero-order valence-electron chi connectivity index (χ0n) is 38.6. The van der Waals surface area contributed by atoms with E-state index in [1.54, 1.807) is 63.0 Å². The number of rotatable bonds is 18. The lowest BCUT2D eigenvalue weighted by atomic mass is 9.94. The molecule has 2 amide bonds. The van der Waals surface area contributed by atoms with E-state index in [1.165, 1.54) is 12.1 Å². The quantitative estimate of drug-likeness (QED) is 0.0868. The summed E-state index contributed by atoms with van der Waals surface area (Å²) < 4.78 is 49.3. The number of halogens is 2. The zero-order valence-corrected chi connectivity index (χ0v) is 38.6. The van der Waals surface area contributed by atoms with Crippen molar-refractivity contribution in [3.05, 3.63) is 180 Å². The average molecular weight is 927 g/mol. The maximum atomic E-state index is 13.7. The summed E-state index contributed by atoms with van der Waals surface area (Å²) in [5.74, 6) is 1.23. The van der Waals surface area contributed by atoms with Crippen LogP contribution in [0.5, 0.6) is 23.0 Å². The van der Waals surface area contributed by atoms with Crippen LogP contribution in [-0.4, -0.2) is 98.3 Å². The first-order valence-corrected chi connectivity index (χ1v) is 23.2. The standard InChI is InChI=1S/2C27H30FN3O3/c2*1-33-22-8-6-7-21(19-22)26(24-10-4-5-14-29-24)30-27(32)20-12-15-31(16-13-20)17-18-34-25-11-3-2-9-23(25)28/h2*2-11,14,19-20,26H,12-13,15-18H2,1H3,(H,30,32). The number of likely N-dealkylation sites (tertiary alicyclic amines) is 2. The van der Waals surface area contributed by atoms with E-state index in [-0.39, 0.29) is 58.9 Å². The Morgan fingerprint density at radius 1 is 0.559 bits per heavy atom. The summed E-state index contributed by atoms with van der Waals surface area (Å²) >= 11 is 0. The third kappa shape index (κ3) is 14.1. The van der Waals surface area contributed by atoms with Gasteiger partial charge in [0.1, 0.15) is 24.7 Å². The van der Waals surface area contributed by atoms with Gasteiger partial charge in [-0.15, -0.1) is 0 Å². The highest BCUT2D eigenvalue weighted by atomic mass is 19.1. The second kappa shape index (κ2) is 25.3. The lowest BCUT2D eigenvalue weighted by molar-refractivity contribution is -0.127. The Morgan fingerprint density at radius 3 is 1.32 bits per heavy atom. The molecule has 4 aromatic carbocycles. The molecule has 356 valence electrons. The molecule has 14 heteroatoms. The van der Waals surface area contributed by atoms with E-state index in [1.807, 2.05) is 84.9 Å². The van der Waals surface area contributed by atoms with Crippen molar-refractivity contribution in [3.63, 3.8) is 0 Å². The molecule has 2 aromatic heterocycles. The predicted molar refractivity (Wildman–Crippen MR) is 257 cm³/mol. The summed E-state index contributed by atoms with van der Waals surface area (Å²) in [4.78, 5) is 39.9. The van der Waals surface area contributed by atoms with E-state index in [2.05, 4.69) is 30.4 Å². The normalized spacial score (nSPS) is 15.5. The third-order valence-corrected chi connectivity index (χ3v) is 12.3. The predicted octanol–water partition coefficient (Wildman–Crippen LogP) is 8.45. The molecule has 4 heterocycles. The monoisotopic (exact) mass is 926 g/mol. The van der Waals surface area contributed by atoms with Gasteiger partial charge in [0.15, 0.2) is 23.1 Å². The number of nitrogens with zero attached hydrogens (tertiary/aromatic N) is 4. The first-order chi connectivity index (χ1) is 33.3. The Morgan fingerprint density at radius 2 is 0.956 bits per heavy atom. The molecule has 12 nitrogen and oxygen atoms in total. The highest BCUT2D eigenvalue weighted by Crippen LogP contribution is 2.28. The first kappa shape index (κ1) is 49.0. The van der Waals surface area contributed by atoms with Crippen molar-refractivity contribution in [2.45, 2.75) is 37.8 Å². The number of nitrogens with one attached hydrogen (secondary N) is 2. The van der Waals surface area contributed by atoms with Gasteiger partial charge < -0.3 is 29.6 Å². The van der Waals surface area contributed by atoms with Gasteiger partial charge in [-0.25, -0.2) is 8.78 Å². The minimum Gasteiger partial charge on any atom is -0.497 e. The summed E-state index contributed by atoms with van der Waals surface area (Å²) in [5, 5.41) is 6.43. The largest absolute Gasteiger partial charge is 0.497 e. The van der Waals surface area contributed by atoms with Crippen LogP contribution in [0.4, 0.5) is 8.78 Å². The maximum Gasteiger partial charge on any atom is 0.224 e. The fourth-order valence-corrected chi connectivity index (χ4v) is 8.44. The third-order valence-electron chi connectivity index (χ3n) is 12.3. The number of amides is 2. The average Bonchev–Trinajstić information content (AvgIpc) is 3.39. The van der Waals surface area contributed by atoms with Gasteiger partial charge >= 0.3 is 0 Å². The number of aromatic nitrogens is 2. The number of piperidine rings is 2. The Labute approximate surface area is 397 Å². The molecule has 2 aliphatic heterocycles. The lowest BCUT2D eigenvalue weighted by Gasteiger charge is -2.32. The summed E-state index contributed by atoms with van der Waals surface area (Å²) in [7, 11) is 3.26. The van der Waals surface area contributed by atoms with Gasteiger partial charge in [-0.3, -0.25) is 29.4 Å². The van der Waals surface area contributed by atoms with Crippen molar-refractivity contribution in [2.24, 2.45) is 11.8 Å². The molecule has 2 atom stereocenters. The van der Waals surface area contributed by atoms with Crippen LogP contribution >= 0.6 is 0 Å².